The fourth-order valence-corrected chi connectivity index (χ4v) is 5.79. The highest BCUT2D eigenvalue weighted by Crippen LogP contribution is 2.30. The molecule has 53 heavy (non-hydrogen) atoms. The van der Waals surface area contributed by atoms with Crippen LogP contribution in [0.2, 0.25) is 0 Å². The van der Waals surface area contributed by atoms with Gasteiger partial charge in [0.2, 0.25) is 5.91 Å². The molecule has 0 unspecified atom stereocenters. The third kappa shape index (κ3) is 11.2. The Morgan fingerprint density at radius 1 is 0.868 bits per heavy atom. The minimum absolute atomic E-state index is 0.0235. The first kappa shape index (κ1) is 40.2. The maximum absolute atomic E-state index is 13.9. The van der Waals surface area contributed by atoms with Crippen molar-refractivity contribution in [2.24, 2.45) is 0 Å². The Morgan fingerprint density at radius 2 is 1.53 bits per heavy atom. The summed E-state index contributed by atoms with van der Waals surface area (Å²) in [6, 6.07) is 21.3. The number of likely N-dealkylation sites (N-methyl/N-ethyl adjacent to an activating group) is 1. The normalized spacial score (nSPS) is 12.3. The van der Waals surface area contributed by atoms with Gasteiger partial charge in [-0.3, -0.25) is 9.59 Å². The number of aromatic nitrogens is 1. The number of rotatable bonds is 12. The molecule has 0 aliphatic heterocycles. The molecule has 3 aromatic carbocycles. The van der Waals surface area contributed by atoms with Gasteiger partial charge in [-0.25, -0.2) is 14.2 Å². The van der Waals surface area contributed by atoms with Gasteiger partial charge in [0.05, 0.1) is 31.3 Å². The first-order chi connectivity index (χ1) is 25.0. The number of anilines is 1. The average Bonchev–Trinajstić information content (AvgIpc) is 3.38. The highest BCUT2D eigenvalue weighted by atomic mass is 16.6. The summed E-state index contributed by atoms with van der Waals surface area (Å²) >= 11 is 0. The van der Waals surface area contributed by atoms with Gasteiger partial charge in [0, 0.05) is 24.5 Å². The van der Waals surface area contributed by atoms with Crippen molar-refractivity contribution in [1.29, 1.82) is 0 Å². The topological polar surface area (TPSA) is 125 Å². The number of hydrogen-bond acceptors (Lipinski definition) is 8. The number of methoxy groups -OCH3 is 1. The van der Waals surface area contributed by atoms with Crippen LogP contribution >= 0.6 is 0 Å². The zero-order valence-corrected chi connectivity index (χ0v) is 32.1. The molecule has 0 fully saturated rings. The summed E-state index contributed by atoms with van der Waals surface area (Å²) in [5.74, 6) is -0.0653. The van der Waals surface area contributed by atoms with Crippen molar-refractivity contribution in [3.63, 3.8) is 0 Å². The molecule has 1 N–H and O–H groups in total. The summed E-state index contributed by atoms with van der Waals surface area (Å²) in [4.78, 5) is 54.6. The summed E-state index contributed by atoms with van der Waals surface area (Å²) in [6.07, 6.45) is 3.13. The van der Waals surface area contributed by atoms with Gasteiger partial charge in [-0.2, -0.15) is 0 Å². The SMILES string of the molecule is CCOC(=O)Cc1c(C=CCc2cccc(C[C@H](NC(=O)OC(C)(C)C)C(=O)N(C)c3ccc(OC)cc3)c2)n(C(=O)OC(C)(C)C)c2ccccc12. The van der Waals surface area contributed by atoms with Crippen molar-refractivity contribution >= 4 is 46.7 Å². The third-order valence-corrected chi connectivity index (χ3v) is 8.06. The molecule has 2 amide bonds. The third-order valence-electron chi connectivity index (χ3n) is 8.06. The number of amides is 2. The number of carbonyl (C=O) groups is 4. The van der Waals surface area contributed by atoms with Crippen LogP contribution in [-0.2, 0) is 43.1 Å². The molecule has 0 aliphatic rings. The number of para-hydroxylation sites is 1. The predicted octanol–water partition coefficient (Wildman–Crippen LogP) is 7.89. The highest BCUT2D eigenvalue weighted by Gasteiger charge is 2.29. The summed E-state index contributed by atoms with van der Waals surface area (Å²) in [5.41, 5.74) is 2.69. The molecule has 0 aliphatic carbocycles. The van der Waals surface area contributed by atoms with Gasteiger partial charge in [-0.15, -0.1) is 0 Å². The molecule has 4 aromatic rings. The van der Waals surface area contributed by atoms with Gasteiger partial charge < -0.3 is 29.2 Å². The number of hydrogen-bond donors (Lipinski definition) is 1. The minimum Gasteiger partial charge on any atom is -0.497 e. The average molecular weight is 726 g/mol. The van der Waals surface area contributed by atoms with E-state index in [0.29, 0.717) is 34.6 Å². The van der Waals surface area contributed by atoms with E-state index in [4.69, 9.17) is 18.9 Å². The number of carbonyl (C=O) groups excluding carboxylic acids is 4. The summed E-state index contributed by atoms with van der Waals surface area (Å²) in [7, 11) is 3.23. The smallest absolute Gasteiger partial charge is 0.419 e. The summed E-state index contributed by atoms with van der Waals surface area (Å²) in [5, 5.41) is 3.53. The van der Waals surface area contributed by atoms with Crippen LogP contribution in [-0.4, -0.2) is 66.6 Å². The molecule has 1 aromatic heterocycles. The molecule has 0 radical (unpaired) electrons. The maximum Gasteiger partial charge on any atom is 0.419 e. The Kier molecular flexibility index (Phi) is 13.1. The molecule has 0 bridgehead atoms. The number of nitrogens with zero attached hydrogens (tertiary/aromatic N) is 2. The Morgan fingerprint density at radius 3 is 2.17 bits per heavy atom. The van der Waals surface area contributed by atoms with Crippen LogP contribution in [0.25, 0.3) is 17.0 Å². The molecule has 4 rings (SSSR count). The van der Waals surface area contributed by atoms with E-state index >= 15 is 0 Å². The number of alkyl carbamates (subject to hydrolysis) is 1. The lowest BCUT2D eigenvalue weighted by Crippen LogP contribution is -2.50. The van der Waals surface area contributed by atoms with Crippen molar-refractivity contribution in [3.8, 4) is 5.75 Å². The molecule has 282 valence electrons. The minimum atomic E-state index is -0.933. The fourth-order valence-electron chi connectivity index (χ4n) is 5.79. The molecule has 1 heterocycles. The van der Waals surface area contributed by atoms with Gasteiger partial charge in [0.15, 0.2) is 0 Å². The molecular formula is C42H51N3O8. The van der Waals surface area contributed by atoms with Crippen molar-refractivity contribution in [2.75, 3.05) is 25.7 Å². The van der Waals surface area contributed by atoms with Gasteiger partial charge in [-0.1, -0.05) is 48.5 Å². The Balaban J connectivity index is 1.64. The summed E-state index contributed by atoms with van der Waals surface area (Å²) < 4.78 is 23.3. The number of benzene rings is 3. The van der Waals surface area contributed by atoms with Crippen molar-refractivity contribution < 1.29 is 38.1 Å². The molecule has 0 saturated carbocycles. The van der Waals surface area contributed by atoms with Crippen LogP contribution in [0.3, 0.4) is 0 Å². The van der Waals surface area contributed by atoms with E-state index < -0.39 is 35.4 Å². The van der Waals surface area contributed by atoms with Crippen LogP contribution in [0.5, 0.6) is 5.75 Å². The molecule has 11 heteroatoms. The number of nitrogens with one attached hydrogen (secondary N) is 1. The van der Waals surface area contributed by atoms with Crippen molar-refractivity contribution in [3.05, 3.63) is 101 Å². The van der Waals surface area contributed by atoms with Gasteiger partial charge in [0.25, 0.3) is 0 Å². The van der Waals surface area contributed by atoms with Crippen molar-refractivity contribution in [1.82, 2.24) is 9.88 Å². The van der Waals surface area contributed by atoms with Gasteiger partial charge >= 0.3 is 18.2 Å². The maximum atomic E-state index is 13.9. The zero-order valence-electron chi connectivity index (χ0n) is 32.1. The second kappa shape index (κ2) is 17.3. The van der Waals surface area contributed by atoms with Crippen LogP contribution in [0.4, 0.5) is 15.3 Å². The molecule has 1 atom stereocenters. The number of allylic oxidation sites excluding steroid dienone is 1. The lowest BCUT2D eigenvalue weighted by molar-refractivity contribution is -0.142. The second-order valence-electron chi connectivity index (χ2n) is 14.6. The van der Waals surface area contributed by atoms with Crippen LogP contribution < -0.4 is 15.0 Å². The zero-order chi connectivity index (χ0) is 38.9. The van der Waals surface area contributed by atoms with Crippen LogP contribution in [0.1, 0.15) is 70.9 Å². The Bertz CT molecular complexity index is 1950. The monoisotopic (exact) mass is 725 g/mol. The van der Waals surface area contributed by atoms with Gasteiger partial charge in [-0.05, 0) is 108 Å². The molecule has 0 saturated heterocycles. The molecular weight excluding hydrogens is 674 g/mol. The second-order valence-corrected chi connectivity index (χ2v) is 14.6. The first-order valence-corrected chi connectivity index (χ1v) is 17.7. The molecule has 11 nitrogen and oxygen atoms in total. The number of fused-ring (bicyclic) bond motifs is 1. The van der Waals surface area contributed by atoms with E-state index in [2.05, 4.69) is 5.32 Å². The van der Waals surface area contributed by atoms with Crippen LogP contribution in [0.15, 0.2) is 78.9 Å². The lowest BCUT2D eigenvalue weighted by Gasteiger charge is -2.27. The van der Waals surface area contributed by atoms with E-state index in [9.17, 15) is 19.2 Å². The standard InChI is InChI=1S/C42H51N3O8/c1-10-51-37(46)27-33-32-18-11-12-19-35(32)45(40(49)53-42(5,6)7)36(33)20-14-16-28-15-13-17-29(25-28)26-34(43-39(48)52-41(2,3)4)38(47)44(8)30-21-23-31(50-9)24-22-30/h11-15,17-25,34H,10,16,26-27H2,1-9H3,(H,43,48)/t34-/m0/s1. The fraction of sp³-hybridized carbons (Fsp3) is 0.381. The Hall–Kier alpha value is -5.58. The number of esters is 1. The molecule has 0 spiro atoms. The van der Waals surface area contributed by atoms with Crippen LogP contribution in [0, 0.1) is 0 Å². The highest BCUT2D eigenvalue weighted by molar-refractivity contribution is 5.99. The Labute approximate surface area is 311 Å². The van der Waals surface area contributed by atoms with E-state index in [1.807, 2.05) is 60.7 Å². The van der Waals surface area contributed by atoms with Crippen molar-refractivity contribution in [2.45, 2.75) is 85.0 Å². The quantitative estimate of drug-likeness (QED) is 0.116. The van der Waals surface area contributed by atoms with Gasteiger partial charge in [0.1, 0.15) is 23.0 Å². The van der Waals surface area contributed by atoms with E-state index in [1.165, 1.54) is 9.47 Å². The van der Waals surface area contributed by atoms with E-state index in [-0.39, 0.29) is 25.4 Å². The predicted molar refractivity (Wildman–Crippen MR) is 206 cm³/mol. The van der Waals surface area contributed by atoms with E-state index in [1.54, 1.807) is 86.9 Å². The number of ether oxygens (including phenoxy) is 4. The lowest BCUT2D eigenvalue weighted by atomic mass is 10.0. The van der Waals surface area contributed by atoms with E-state index in [0.717, 1.165) is 16.5 Å². The first-order valence-electron chi connectivity index (χ1n) is 17.7. The largest absolute Gasteiger partial charge is 0.497 e. The summed E-state index contributed by atoms with van der Waals surface area (Å²) in [6.45, 7) is 12.7.